The maximum Gasteiger partial charge on any atom is 0.227 e. The zero-order chi connectivity index (χ0) is 17.9. The first-order chi connectivity index (χ1) is 12.7. The summed E-state index contributed by atoms with van der Waals surface area (Å²) in [4.78, 5) is 24.0. The highest BCUT2D eigenvalue weighted by Crippen LogP contribution is 2.24. The third kappa shape index (κ3) is 3.42. The molecule has 1 unspecified atom stereocenters. The third-order valence-corrected chi connectivity index (χ3v) is 5.26. The van der Waals surface area contributed by atoms with E-state index in [1.165, 1.54) is 0 Å². The molecule has 26 heavy (non-hydrogen) atoms. The Balaban J connectivity index is 1.45. The molecule has 4 rings (SSSR count). The van der Waals surface area contributed by atoms with Gasteiger partial charge in [-0.1, -0.05) is 18.2 Å². The molecule has 0 radical (unpaired) electrons. The summed E-state index contributed by atoms with van der Waals surface area (Å²) in [5.74, 6) is 2.24. The summed E-state index contributed by atoms with van der Waals surface area (Å²) in [6.45, 7) is 3.30. The number of nitrogens with one attached hydrogen (secondary N) is 1. The van der Waals surface area contributed by atoms with Crippen LogP contribution in [-0.4, -0.2) is 47.5 Å². The standard InChI is InChI=1S/C20H24N4O2/c1-26-18-5-3-2-4-14(18)10-19(25)24-9-7-17-16(13-24)12-22-20(23-17)15-6-8-21-11-15/h2-5,12,15,21H,6-11,13H2,1H3. The van der Waals surface area contributed by atoms with Crippen molar-refractivity contribution in [2.45, 2.75) is 31.7 Å². The van der Waals surface area contributed by atoms with Crippen molar-refractivity contribution in [1.29, 1.82) is 0 Å². The van der Waals surface area contributed by atoms with E-state index in [1.807, 2.05) is 35.4 Å². The third-order valence-electron chi connectivity index (χ3n) is 5.26. The van der Waals surface area contributed by atoms with Crippen LogP contribution in [0.25, 0.3) is 0 Å². The van der Waals surface area contributed by atoms with E-state index >= 15 is 0 Å². The average Bonchev–Trinajstić information content (AvgIpc) is 3.22. The largest absolute Gasteiger partial charge is 0.496 e. The molecule has 2 aromatic rings. The molecule has 1 aromatic heterocycles. The van der Waals surface area contributed by atoms with Crippen LogP contribution in [0, 0.1) is 0 Å². The van der Waals surface area contributed by atoms with Crippen molar-refractivity contribution in [2.75, 3.05) is 26.7 Å². The molecule has 136 valence electrons. The summed E-state index contributed by atoms with van der Waals surface area (Å²) in [6, 6.07) is 7.68. The van der Waals surface area contributed by atoms with E-state index in [-0.39, 0.29) is 5.91 Å². The molecular formula is C20H24N4O2. The van der Waals surface area contributed by atoms with Crippen LogP contribution in [0.3, 0.4) is 0 Å². The number of carbonyl (C=O) groups excluding carboxylic acids is 1. The van der Waals surface area contributed by atoms with Gasteiger partial charge < -0.3 is 15.0 Å². The first-order valence-corrected chi connectivity index (χ1v) is 9.19. The van der Waals surface area contributed by atoms with Gasteiger partial charge in [0.15, 0.2) is 0 Å². The monoisotopic (exact) mass is 352 g/mol. The second-order valence-electron chi connectivity index (χ2n) is 6.94. The fourth-order valence-corrected chi connectivity index (χ4v) is 3.74. The van der Waals surface area contributed by atoms with Gasteiger partial charge in [-0.15, -0.1) is 0 Å². The Labute approximate surface area is 153 Å². The van der Waals surface area contributed by atoms with E-state index in [0.717, 1.165) is 54.3 Å². The number of hydrogen-bond donors (Lipinski definition) is 1. The van der Waals surface area contributed by atoms with Gasteiger partial charge >= 0.3 is 0 Å². The van der Waals surface area contributed by atoms with Crippen molar-refractivity contribution in [3.63, 3.8) is 0 Å². The van der Waals surface area contributed by atoms with Crippen LogP contribution in [0.4, 0.5) is 0 Å². The number of carbonyl (C=O) groups is 1. The number of rotatable bonds is 4. The molecule has 3 heterocycles. The Morgan fingerprint density at radius 3 is 3.08 bits per heavy atom. The number of hydrogen-bond acceptors (Lipinski definition) is 5. The molecule has 6 heteroatoms. The van der Waals surface area contributed by atoms with Crippen LogP contribution in [0.5, 0.6) is 5.75 Å². The zero-order valence-electron chi connectivity index (χ0n) is 15.1. The van der Waals surface area contributed by atoms with Crippen LogP contribution in [0.2, 0.25) is 0 Å². The van der Waals surface area contributed by atoms with E-state index in [2.05, 4.69) is 10.3 Å². The molecule has 6 nitrogen and oxygen atoms in total. The molecule has 0 bridgehead atoms. The Bertz CT molecular complexity index is 802. The van der Waals surface area contributed by atoms with E-state index in [4.69, 9.17) is 9.72 Å². The van der Waals surface area contributed by atoms with Crippen LogP contribution >= 0.6 is 0 Å². The topological polar surface area (TPSA) is 67.3 Å². The Kier molecular flexibility index (Phi) is 4.84. The molecule has 1 saturated heterocycles. The molecular weight excluding hydrogens is 328 g/mol. The number of fused-ring (bicyclic) bond motifs is 1. The average molecular weight is 352 g/mol. The van der Waals surface area contributed by atoms with E-state index in [0.29, 0.717) is 25.4 Å². The zero-order valence-corrected chi connectivity index (χ0v) is 15.1. The number of amides is 1. The lowest BCUT2D eigenvalue weighted by Gasteiger charge is -2.28. The Morgan fingerprint density at radius 1 is 1.38 bits per heavy atom. The number of ether oxygens (including phenoxy) is 1. The maximum absolute atomic E-state index is 12.7. The van der Waals surface area contributed by atoms with E-state index in [9.17, 15) is 4.79 Å². The normalized spacial score (nSPS) is 19.3. The van der Waals surface area contributed by atoms with Crippen molar-refractivity contribution in [1.82, 2.24) is 20.2 Å². The quantitative estimate of drug-likeness (QED) is 0.907. The molecule has 1 aromatic carbocycles. The Morgan fingerprint density at radius 2 is 2.27 bits per heavy atom. The number of benzene rings is 1. The van der Waals surface area contributed by atoms with Crippen LogP contribution in [0.1, 0.15) is 35.0 Å². The molecule has 0 spiro atoms. The van der Waals surface area contributed by atoms with Crippen LogP contribution in [0.15, 0.2) is 30.5 Å². The van der Waals surface area contributed by atoms with Gasteiger partial charge in [-0.05, 0) is 19.0 Å². The van der Waals surface area contributed by atoms with Gasteiger partial charge in [0, 0.05) is 49.3 Å². The number of aromatic nitrogens is 2. The first kappa shape index (κ1) is 17.0. The number of para-hydroxylation sites is 1. The highest BCUT2D eigenvalue weighted by Gasteiger charge is 2.25. The summed E-state index contributed by atoms with van der Waals surface area (Å²) in [7, 11) is 1.63. The Hall–Kier alpha value is -2.47. The number of nitrogens with zero attached hydrogens (tertiary/aromatic N) is 3. The molecule has 1 atom stereocenters. The summed E-state index contributed by atoms with van der Waals surface area (Å²) in [5.41, 5.74) is 3.09. The maximum atomic E-state index is 12.7. The molecule has 0 aliphatic carbocycles. The first-order valence-electron chi connectivity index (χ1n) is 9.19. The van der Waals surface area contributed by atoms with Crippen molar-refractivity contribution >= 4 is 5.91 Å². The molecule has 2 aliphatic rings. The minimum absolute atomic E-state index is 0.115. The lowest BCUT2D eigenvalue weighted by Crippen LogP contribution is -2.37. The SMILES string of the molecule is COc1ccccc1CC(=O)N1CCc2nc(C3CCNC3)ncc2C1. The smallest absolute Gasteiger partial charge is 0.227 e. The van der Waals surface area contributed by atoms with Crippen molar-refractivity contribution in [3.8, 4) is 5.75 Å². The molecule has 2 aliphatic heterocycles. The minimum atomic E-state index is 0.115. The second kappa shape index (κ2) is 7.41. The lowest BCUT2D eigenvalue weighted by molar-refractivity contribution is -0.131. The van der Waals surface area contributed by atoms with Crippen LogP contribution < -0.4 is 10.1 Å². The predicted octanol–water partition coefficient (Wildman–Crippen LogP) is 1.69. The molecule has 0 saturated carbocycles. The van der Waals surface area contributed by atoms with Gasteiger partial charge in [-0.3, -0.25) is 4.79 Å². The van der Waals surface area contributed by atoms with E-state index < -0.39 is 0 Å². The van der Waals surface area contributed by atoms with Gasteiger partial charge in [0.1, 0.15) is 11.6 Å². The van der Waals surface area contributed by atoms with Crippen molar-refractivity contribution < 1.29 is 9.53 Å². The summed E-state index contributed by atoms with van der Waals surface area (Å²) < 4.78 is 5.36. The van der Waals surface area contributed by atoms with Crippen molar-refractivity contribution in [3.05, 3.63) is 53.1 Å². The van der Waals surface area contributed by atoms with Gasteiger partial charge in [-0.2, -0.15) is 0 Å². The highest BCUT2D eigenvalue weighted by molar-refractivity contribution is 5.79. The summed E-state index contributed by atoms with van der Waals surface area (Å²) >= 11 is 0. The summed E-state index contributed by atoms with van der Waals surface area (Å²) in [5, 5.41) is 3.36. The minimum Gasteiger partial charge on any atom is -0.496 e. The van der Waals surface area contributed by atoms with E-state index in [1.54, 1.807) is 7.11 Å². The lowest BCUT2D eigenvalue weighted by atomic mass is 10.0. The van der Waals surface area contributed by atoms with Gasteiger partial charge in [0.2, 0.25) is 5.91 Å². The fraction of sp³-hybridized carbons (Fsp3) is 0.450. The van der Waals surface area contributed by atoms with Gasteiger partial charge in [0.25, 0.3) is 0 Å². The number of methoxy groups -OCH3 is 1. The van der Waals surface area contributed by atoms with Gasteiger partial charge in [0.05, 0.1) is 19.2 Å². The predicted molar refractivity (Wildman–Crippen MR) is 98.1 cm³/mol. The highest BCUT2D eigenvalue weighted by atomic mass is 16.5. The molecule has 1 amide bonds. The molecule has 1 N–H and O–H groups in total. The summed E-state index contributed by atoms with van der Waals surface area (Å²) in [6.07, 6.45) is 4.16. The van der Waals surface area contributed by atoms with Crippen molar-refractivity contribution in [2.24, 2.45) is 0 Å². The van der Waals surface area contributed by atoms with Gasteiger partial charge in [-0.25, -0.2) is 9.97 Å². The molecule has 1 fully saturated rings. The van der Waals surface area contributed by atoms with Crippen LogP contribution in [-0.2, 0) is 24.2 Å². The fourth-order valence-electron chi connectivity index (χ4n) is 3.74. The second-order valence-corrected chi connectivity index (χ2v) is 6.94.